The van der Waals surface area contributed by atoms with Gasteiger partial charge >= 0.3 is 0 Å². The monoisotopic (exact) mass is 395 g/mol. The first-order valence-corrected chi connectivity index (χ1v) is 9.96. The van der Waals surface area contributed by atoms with E-state index in [9.17, 15) is 0 Å². The van der Waals surface area contributed by atoms with Crippen molar-refractivity contribution in [1.82, 2.24) is 0 Å². The van der Waals surface area contributed by atoms with Gasteiger partial charge in [0.1, 0.15) is 0 Å². The van der Waals surface area contributed by atoms with Crippen molar-refractivity contribution < 1.29 is 4.74 Å². The molecular formula is C26H25N3O. The van der Waals surface area contributed by atoms with Crippen molar-refractivity contribution in [2.24, 2.45) is 10.2 Å². The van der Waals surface area contributed by atoms with Gasteiger partial charge in [-0.1, -0.05) is 66.7 Å². The highest BCUT2D eigenvalue weighted by Gasteiger charge is 2.43. The standard InChI is InChI=1S/C26H25N3O/c1-26(21-14-8-5-9-15-21)22-16-10-11-17-23(22)29(2)24(26)18-19-27-28-25(30-3)20-12-6-4-7-13-20/h4-19H,1-3H3/b24-18-,27-19+,28-25?. The summed E-state index contributed by atoms with van der Waals surface area (Å²) in [4.78, 5) is 2.23. The topological polar surface area (TPSA) is 37.2 Å². The van der Waals surface area contributed by atoms with E-state index in [1.54, 1.807) is 13.3 Å². The van der Waals surface area contributed by atoms with Crippen LogP contribution in [0.3, 0.4) is 0 Å². The average Bonchev–Trinajstić information content (AvgIpc) is 3.03. The van der Waals surface area contributed by atoms with Gasteiger partial charge in [-0.15, -0.1) is 5.10 Å². The van der Waals surface area contributed by atoms with Crippen LogP contribution in [0.4, 0.5) is 5.69 Å². The first-order chi connectivity index (χ1) is 14.7. The van der Waals surface area contributed by atoms with Gasteiger partial charge in [-0.05, 0) is 42.3 Å². The molecule has 0 aliphatic carbocycles. The maximum absolute atomic E-state index is 5.40. The summed E-state index contributed by atoms with van der Waals surface area (Å²) in [6.45, 7) is 2.26. The second-order valence-corrected chi connectivity index (χ2v) is 7.36. The van der Waals surface area contributed by atoms with E-state index in [4.69, 9.17) is 4.74 Å². The van der Waals surface area contributed by atoms with E-state index in [1.165, 1.54) is 16.8 Å². The molecule has 3 aromatic rings. The molecule has 30 heavy (non-hydrogen) atoms. The Morgan fingerprint density at radius 1 is 0.900 bits per heavy atom. The lowest BCUT2D eigenvalue weighted by atomic mass is 9.75. The number of para-hydroxylation sites is 1. The third kappa shape index (κ3) is 3.41. The normalized spacial score (nSPS) is 20.0. The zero-order valence-corrected chi connectivity index (χ0v) is 17.5. The van der Waals surface area contributed by atoms with E-state index >= 15 is 0 Å². The van der Waals surface area contributed by atoms with Gasteiger partial charge in [0.2, 0.25) is 5.90 Å². The Morgan fingerprint density at radius 3 is 2.23 bits per heavy atom. The van der Waals surface area contributed by atoms with Gasteiger partial charge in [0.05, 0.1) is 18.7 Å². The Kier molecular flexibility index (Phi) is 5.48. The highest BCUT2D eigenvalue weighted by molar-refractivity contribution is 5.94. The fourth-order valence-corrected chi connectivity index (χ4v) is 4.13. The van der Waals surface area contributed by atoms with Gasteiger partial charge in [-0.3, -0.25) is 0 Å². The van der Waals surface area contributed by atoms with Crippen molar-refractivity contribution in [2.45, 2.75) is 12.3 Å². The molecule has 0 saturated heterocycles. The third-order valence-corrected chi connectivity index (χ3v) is 5.69. The summed E-state index contributed by atoms with van der Waals surface area (Å²) >= 11 is 0. The van der Waals surface area contributed by atoms with Crippen molar-refractivity contribution in [3.63, 3.8) is 0 Å². The lowest BCUT2D eigenvalue weighted by molar-refractivity contribution is 0.403. The SMILES string of the molecule is COC(=N/N=C/C=C1\N(C)c2ccccc2C1(C)c1ccccc1)c1ccccc1. The van der Waals surface area contributed by atoms with Crippen LogP contribution in [0.25, 0.3) is 0 Å². The summed E-state index contributed by atoms with van der Waals surface area (Å²) in [5.74, 6) is 0.485. The molecule has 150 valence electrons. The Balaban J connectivity index is 1.72. The van der Waals surface area contributed by atoms with Crippen LogP contribution in [0.1, 0.15) is 23.6 Å². The zero-order valence-electron chi connectivity index (χ0n) is 17.5. The van der Waals surface area contributed by atoms with E-state index in [-0.39, 0.29) is 5.41 Å². The van der Waals surface area contributed by atoms with Crippen molar-refractivity contribution in [1.29, 1.82) is 0 Å². The largest absolute Gasteiger partial charge is 0.479 e. The van der Waals surface area contributed by atoms with Crippen LogP contribution in [0.15, 0.2) is 107 Å². The molecule has 0 radical (unpaired) electrons. The molecule has 3 aromatic carbocycles. The van der Waals surface area contributed by atoms with Crippen molar-refractivity contribution in [3.05, 3.63) is 113 Å². The number of methoxy groups -OCH3 is 1. The molecule has 1 aliphatic rings. The number of fused-ring (bicyclic) bond motifs is 1. The summed E-state index contributed by atoms with van der Waals surface area (Å²) in [7, 11) is 3.70. The van der Waals surface area contributed by atoms with Crippen LogP contribution in [-0.4, -0.2) is 26.3 Å². The number of benzene rings is 3. The molecule has 4 rings (SSSR count). The maximum Gasteiger partial charge on any atom is 0.240 e. The van der Waals surface area contributed by atoms with Gasteiger partial charge in [0.15, 0.2) is 0 Å². The minimum atomic E-state index is -0.272. The number of ether oxygens (including phenoxy) is 1. The second kappa shape index (κ2) is 8.37. The predicted octanol–water partition coefficient (Wildman–Crippen LogP) is 5.41. The molecule has 1 aliphatic heterocycles. The minimum Gasteiger partial charge on any atom is -0.479 e. The second-order valence-electron chi connectivity index (χ2n) is 7.36. The minimum absolute atomic E-state index is 0.272. The van der Waals surface area contributed by atoms with E-state index in [1.807, 2.05) is 42.5 Å². The first kappa shape index (κ1) is 19.6. The average molecular weight is 396 g/mol. The smallest absolute Gasteiger partial charge is 0.240 e. The van der Waals surface area contributed by atoms with Crippen LogP contribution in [0, 0.1) is 0 Å². The highest BCUT2D eigenvalue weighted by atomic mass is 16.5. The van der Waals surface area contributed by atoms with Crippen molar-refractivity contribution >= 4 is 17.8 Å². The molecule has 4 nitrogen and oxygen atoms in total. The van der Waals surface area contributed by atoms with Gasteiger partial charge in [-0.2, -0.15) is 5.10 Å². The Hall–Kier alpha value is -3.66. The Morgan fingerprint density at radius 2 is 1.53 bits per heavy atom. The van der Waals surface area contributed by atoms with Crippen LogP contribution in [0.5, 0.6) is 0 Å². The third-order valence-electron chi connectivity index (χ3n) is 5.69. The number of rotatable bonds is 4. The quantitative estimate of drug-likeness (QED) is 0.337. The molecule has 1 heterocycles. The van der Waals surface area contributed by atoms with Crippen LogP contribution in [-0.2, 0) is 10.2 Å². The van der Waals surface area contributed by atoms with Gasteiger partial charge < -0.3 is 9.64 Å². The van der Waals surface area contributed by atoms with Crippen molar-refractivity contribution in [3.8, 4) is 0 Å². The molecule has 0 bridgehead atoms. The number of likely N-dealkylation sites (N-methyl/N-ethyl adjacent to an activating group) is 1. The lowest BCUT2D eigenvalue weighted by Crippen LogP contribution is -2.27. The summed E-state index contributed by atoms with van der Waals surface area (Å²) in [6.07, 6.45) is 3.77. The molecule has 0 saturated carbocycles. The van der Waals surface area contributed by atoms with Crippen LogP contribution >= 0.6 is 0 Å². The number of nitrogens with zero attached hydrogens (tertiary/aromatic N) is 3. The van der Waals surface area contributed by atoms with Gasteiger partial charge in [0, 0.05) is 24.0 Å². The van der Waals surface area contributed by atoms with E-state index < -0.39 is 0 Å². The number of anilines is 1. The van der Waals surface area contributed by atoms with E-state index in [2.05, 4.69) is 77.6 Å². The van der Waals surface area contributed by atoms with E-state index in [0.717, 1.165) is 11.3 Å². The van der Waals surface area contributed by atoms with Gasteiger partial charge in [0.25, 0.3) is 0 Å². The number of hydrogen-bond acceptors (Lipinski definition) is 4. The van der Waals surface area contributed by atoms with Crippen molar-refractivity contribution in [2.75, 3.05) is 19.1 Å². The first-order valence-electron chi connectivity index (χ1n) is 9.96. The molecule has 1 atom stereocenters. The summed E-state index contributed by atoms with van der Waals surface area (Å²) in [6, 6.07) is 28.9. The van der Waals surface area contributed by atoms with Gasteiger partial charge in [-0.25, -0.2) is 0 Å². The van der Waals surface area contributed by atoms with E-state index in [0.29, 0.717) is 5.90 Å². The summed E-state index contributed by atoms with van der Waals surface area (Å²) in [5.41, 5.74) is 5.49. The molecular weight excluding hydrogens is 370 g/mol. The fraction of sp³-hybridized carbons (Fsp3) is 0.154. The molecule has 0 spiro atoms. The predicted molar refractivity (Wildman–Crippen MR) is 124 cm³/mol. The fourth-order valence-electron chi connectivity index (χ4n) is 4.13. The molecule has 1 unspecified atom stereocenters. The number of hydrogen-bond donors (Lipinski definition) is 0. The molecule has 0 N–H and O–H groups in total. The molecule has 0 fully saturated rings. The Bertz CT molecular complexity index is 1100. The zero-order chi connectivity index (χ0) is 21.0. The summed E-state index contributed by atoms with van der Waals surface area (Å²) in [5, 5.41) is 8.54. The molecule has 4 heteroatoms. The summed E-state index contributed by atoms with van der Waals surface area (Å²) < 4.78 is 5.40. The Labute approximate surface area is 177 Å². The molecule has 0 aromatic heterocycles. The van der Waals surface area contributed by atoms with Crippen LogP contribution < -0.4 is 4.90 Å². The maximum atomic E-state index is 5.40. The highest BCUT2D eigenvalue weighted by Crippen LogP contribution is 2.50. The number of allylic oxidation sites excluding steroid dienone is 2. The van der Waals surface area contributed by atoms with Crippen LogP contribution in [0.2, 0.25) is 0 Å². The molecule has 0 amide bonds. The lowest BCUT2D eigenvalue weighted by Gasteiger charge is -2.29.